The number of methoxy groups -OCH3 is 1. The molecular weight excluding hydrogens is 198 g/mol. The molecule has 0 aliphatic carbocycles. The van der Waals surface area contributed by atoms with Crippen LogP contribution in [0.3, 0.4) is 0 Å². The summed E-state index contributed by atoms with van der Waals surface area (Å²) in [6.45, 7) is 5.15. The minimum atomic E-state index is 0.715. The molecular formula is C14H23NO. The van der Waals surface area contributed by atoms with E-state index < -0.39 is 0 Å². The van der Waals surface area contributed by atoms with Gasteiger partial charge in [0.2, 0.25) is 0 Å². The Morgan fingerprint density at radius 2 is 2.06 bits per heavy atom. The maximum atomic E-state index is 5.54. The average Bonchev–Trinajstić information content (AvgIpc) is 2.27. The third kappa shape index (κ3) is 3.86. The van der Waals surface area contributed by atoms with Crippen molar-refractivity contribution in [3.05, 3.63) is 29.3 Å². The minimum Gasteiger partial charge on any atom is -0.496 e. The van der Waals surface area contributed by atoms with Gasteiger partial charge in [0.1, 0.15) is 5.75 Å². The largest absolute Gasteiger partial charge is 0.496 e. The van der Waals surface area contributed by atoms with Crippen molar-refractivity contribution in [2.45, 2.75) is 33.1 Å². The summed E-state index contributed by atoms with van der Waals surface area (Å²) < 4.78 is 5.25. The Bertz CT molecular complexity index is 323. The van der Waals surface area contributed by atoms with Gasteiger partial charge in [0, 0.05) is 0 Å². The number of rotatable bonds is 6. The maximum Gasteiger partial charge on any atom is 0.121 e. The first-order chi connectivity index (χ1) is 7.67. The molecule has 1 unspecified atom stereocenters. The van der Waals surface area contributed by atoms with Crippen molar-refractivity contribution in [1.29, 1.82) is 0 Å². The molecule has 0 amide bonds. The van der Waals surface area contributed by atoms with Crippen LogP contribution in [0.1, 0.15) is 30.9 Å². The zero-order chi connectivity index (χ0) is 12.0. The van der Waals surface area contributed by atoms with Crippen LogP contribution in [0.25, 0.3) is 0 Å². The Morgan fingerprint density at radius 3 is 2.62 bits per heavy atom. The van der Waals surface area contributed by atoms with Gasteiger partial charge in [0.25, 0.3) is 0 Å². The Labute approximate surface area is 98.8 Å². The van der Waals surface area contributed by atoms with E-state index in [2.05, 4.69) is 32.0 Å². The smallest absolute Gasteiger partial charge is 0.121 e. The summed E-state index contributed by atoms with van der Waals surface area (Å²) in [5.41, 5.74) is 8.15. The molecule has 2 N–H and O–H groups in total. The molecule has 0 heterocycles. The molecule has 1 atom stereocenters. The SMILES string of the molecule is COc1ccc(CCC(C)CCN)cc1C. The van der Waals surface area contributed by atoms with Crippen LogP contribution in [0.2, 0.25) is 0 Å². The van der Waals surface area contributed by atoms with E-state index in [0.29, 0.717) is 5.92 Å². The quantitative estimate of drug-likeness (QED) is 0.801. The lowest BCUT2D eigenvalue weighted by Gasteiger charge is -2.11. The molecule has 16 heavy (non-hydrogen) atoms. The molecule has 0 fully saturated rings. The average molecular weight is 221 g/mol. The zero-order valence-electron chi connectivity index (χ0n) is 10.6. The lowest BCUT2D eigenvalue weighted by molar-refractivity contribution is 0.411. The monoisotopic (exact) mass is 221 g/mol. The van der Waals surface area contributed by atoms with Crippen LogP contribution < -0.4 is 10.5 Å². The number of hydrogen-bond acceptors (Lipinski definition) is 2. The van der Waals surface area contributed by atoms with Crippen LogP contribution in [0.15, 0.2) is 18.2 Å². The normalized spacial score (nSPS) is 12.5. The van der Waals surface area contributed by atoms with Crippen LogP contribution in [0.5, 0.6) is 5.75 Å². The van der Waals surface area contributed by atoms with E-state index in [1.54, 1.807) is 7.11 Å². The van der Waals surface area contributed by atoms with Gasteiger partial charge in [0.15, 0.2) is 0 Å². The van der Waals surface area contributed by atoms with Gasteiger partial charge < -0.3 is 10.5 Å². The Kier molecular flexibility index (Phi) is 5.33. The van der Waals surface area contributed by atoms with Crippen LogP contribution >= 0.6 is 0 Å². The predicted octanol–water partition coefficient (Wildman–Crippen LogP) is 2.92. The van der Waals surface area contributed by atoms with E-state index in [1.165, 1.54) is 17.5 Å². The van der Waals surface area contributed by atoms with Crippen LogP contribution in [-0.2, 0) is 6.42 Å². The third-order valence-corrected chi connectivity index (χ3v) is 3.04. The molecule has 2 heteroatoms. The van der Waals surface area contributed by atoms with Crippen molar-refractivity contribution in [3.63, 3.8) is 0 Å². The van der Waals surface area contributed by atoms with Gasteiger partial charge >= 0.3 is 0 Å². The summed E-state index contributed by atoms with van der Waals surface area (Å²) in [6.07, 6.45) is 3.46. The number of aryl methyl sites for hydroxylation is 2. The third-order valence-electron chi connectivity index (χ3n) is 3.04. The molecule has 1 aromatic carbocycles. The second kappa shape index (κ2) is 6.54. The molecule has 0 saturated carbocycles. The lowest BCUT2D eigenvalue weighted by atomic mass is 9.97. The summed E-state index contributed by atoms with van der Waals surface area (Å²) in [7, 11) is 1.71. The fourth-order valence-electron chi connectivity index (χ4n) is 1.94. The molecule has 0 bridgehead atoms. The Morgan fingerprint density at radius 1 is 1.31 bits per heavy atom. The number of nitrogens with two attached hydrogens (primary N) is 1. The zero-order valence-corrected chi connectivity index (χ0v) is 10.6. The maximum absolute atomic E-state index is 5.54. The molecule has 0 aliphatic rings. The van der Waals surface area contributed by atoms with Crippen molar-refractivity contribution in [2.75, 3.05) is 13.7 Å². The highest BCUT2D eigenvalue weighted by Crippen LogP contribution is 2.20. The highest BCUT2D eigenvalue weighted by molar-refractivity contribution is 5.36. The highest BCUT2D eigenvalue weighted by atomic mass is 16.5. The van der Waals surface area contributed by atoms with Crippen LogP contribution in [0, 0.1) is 12.8 Å². The molecule has 0 radical (unpaired) electrons. The standard InChI is InChI=1S/C14H23NO/c1-11(8-9-15)4-5-13-6-7-14(16-3)12(2)10-13/h6-7,10-11H,4-5,8-9,15H2,1-3H3. The van der Waals surface area contributed by atoms with E-state index in [0.717, 1.165) is 25.1 Å². The number of ether oxygens (including phenoxy) is 1. The van der Waals surface area contributed by atoms with E-state index >= 15 is 0 Å². The molecule has 90 valence electrons. The second-order valence-electron chi connectivity index (χ2n) is 4.53. The molecule has 1 rings (SSSR count). The van der Waals surface area contributed by atoms with E-state index in [9.17, 15) is 0 Å². The second-order valence-corrected chi connectivity index (χ2v) is 4.53. The van der Waals surface area contributed by atoms with Crippen LogP contribution in [0.4, 0.5) is 0 Å². The predicted molar refractivity (Wildman–Crippen MR) is 68.9 cm³/mol. The highest BCUT2D eigenvalue weighted by Gasteiger charge is 2.03. The number of benzene rings is 1. The summed E-state index contributed by atoms with van der Waals surface area (Å²) in [6, 6.07) is 6.42. The van der Waals surface area contributed by atoms with Crippen molar-refractivity contribution >= 4 is 0 Å². The first-order valence-corrected chi connectivity index (χ1v) is 6.01. The minimum absolute atomic E-state index is 0.715. The lowest BCUT2D eigenvalue weighted by Crippen LogP contribution is -2.06. The number of hydrogen-bond donors (Lipinski definition) is 1. The van der Waals surface area contributed by atoms with Gasteiger partial charge in [-0.05, 0) is 55.8 Å². The fraction of sp³-hybridized carbons (Fsp3) is 0.571. The van der Waals surface area contributed by atoms with Gasteiger partial charge in [-0.2, -0.15) is 0 Å². The van der Waals surface area contributed by atoms with Gasteiger partial charge in [-0.15, -0.1) is 0 Å². The Hall–Kier alpha value is -1.02. The molecule has 1 aromatic rings. The molecule has 0 aromatic heterocycles. The molecule has 0 aliphatic heterocycles. The first kappa shape index (κ1) is 13.0. The Balaban J connectivity index is 2.51. The van der Waals surface area contributed by atoms with Crippen molar-refractivity contribution in [3.8, 4) is 5.75 Å². The molecule has 0 spiro atoms. The van der Waals surface area contributed by atoms with Crippen molar-refractivity contribution in [1.82, 2.24) is 0 Å². The van der Waals surface area contributed by atoms with Gasteiger partial charge in [-0.3, -0.25) is 0 Å². The van der Waals surface area contributed by atoms with E-state index in [-0.39, 0.29) is 0 Å². The van der Waals surface area contributed by atoms with Gasteiger partial charge in [-0.1, -0.05) is 19.1 Å². The van der Waals surface area contributed by atoms with Crippen molar-refractivity contribution < 1.29 is 4.74 Å². The van der Waals surface area contributed by atoms with Crippen LogP contribution in [-0.4, -0.2) is 13.7 Å². The summed E-state index contributed by atoms with van der Waals surface area (Å²) in [5.74, 6) is 1.69. The summed E-state index contributed by atoms with van der Waals surface area (Å²) in [5, 5.41) is 0. The van der Waals surface area contributed by atoms with E-state index in [4.69, 9.17) is 10.5 Å². The molecule has 0 saturated heterocycles. The summed E-state index contributed by atoms with van der Waals surface area (Å²) >= 11 is 0. The summed E-state index contributed by atoms with van der Waals surface area (Å²) in [4.78, 5) is 0. The van der Waals surface area contributed by atoms with Crippen molar-refractivity contribution in [2.24, 2.45) is 11.7 Å². The van der Waals surface area contributed by atoms with E-state index in [1.807, 2.05) is 0 Å². The van der Waals surface area contributed by atoms with Gasteiger partial charge in [-0.25, -0.2) is 0 Å². The first-order valence-electron chi connectivity index (χ1n) is 6.01. The topological polar surface area (TPSA) is 35.2 Å². The van der Waals surface area contributed by atoms with Gasteiger partial charge in [0.05, 0.1) is 7.11 Å². The fourth-order valence-corrected chi connectivity index (χ4v) is 1.94. The molecule has 2 nitrogen and oxygen atoms in total.